The second-order valence-corrected chi connectivity index (χ2v) is 4.11. The summed E-state index contributed by atoms with van der Waals surface area (Å²) in [5.74, 6) is 0.0488. The Morgan fingerprint density at radius 3 is 2.95 bits per heavy atom. The van der Waals surface area contributed by atoms with Gasteiger partial charge in [0, 0.05) is 13.2 Å². The monoisotopic (exact) mass is 282 g/mol. The van der Waals surface area contributed by atoms with Gasteiger partial charge in [0.25, 0.3) is 0 Å². The van der Waals surface area contributed by atoms with Crippen LogP contribution >= 0.6 is 11.6 Å². The van der Waals surface area contributed by atoms with E-state index in [1.54, 1.807) is 17.9 Å². The number of nitro groups is 1. The van der Waals surface area contributed by atoms with Crippen molar-refractivity contribution in [2.45, 2.75) is 13.3 Å². The largest absolute Gasteiger partial charge is 0.332 e. The summed E-state index contributed by atoms with van der Waals surface area (Å²) in [4.78, 5) is 17.8. The summed E-state index contributed by atoms with van der Waals surface area (Å²) < 4.78 is 1.62. The number of nitrogens with zero attached hydrogens (tertiary/aromatic N) is 5. The zero-order chi connectivity index (χ0) is 14.0. The summed E-state index contributed by atoms with van der Waals surface area (Å²) >= 11 is 5.66. The Hall–Kier alpha value is -2.22. The third-order valence-corrected chi connectivity index (χ3v) is 2.61. The van der Waals surface area contributed by atoms with Gasteiger partial charge in [-0.1, -0.05) is 6.92 Å². The molecule has 0 spiro atoms. The number of nitrogens with one attached hydrogen (secondary N) is 1. The minimum absolute atomic E-state index is 0.0488. The molecule has 0 bridgehead atoms. The Bertz CT molecular complexity index is 626. The van der Waals surface area contributed by atoms with Crippen molar-refractivity contribution < 1.29 is 4.92 Å². The molecule has 0 amide bonds. The Kier molecular flexibility index (Phi) is 3.61. The van der Waals surface area contributed by atoms with Gasteiger partial charge >= 0.3 is 5.69 Å². The molecule has 0 saturated heterocycles. The van der Waals surface area contributed by atoms with E-state index in [1.807, 2.05) is 6.92 Å². The number of aryl methyl sites for hydroxylation is 2. The Labute approximate surface area is 113 Å². The summed E-state index contributed by atoms with van der Waals surface area (Å²) in [6.45, 7) is 1.94. The summed E-state index contributed by atoms with van der Waals surface area (Å²) in [7, 11) is 1.77. The summed E-state index contributed by atoms with van der Waals surface area (Å²) in [6.07, 6.45) is 3.48. The number of rotatable bonds is 4. The van der Waals surface area contributed by atoms with Crippen LogP contribution in [0.4, 0.5) is 17.2 Å². The summed E-state index contributed by atoms with van der Waals surface area (Å²) in [5.41, 5.74) is 1.20. The van der Waals surface area contributed by atoms with Crippen molar-refractivity contribution in [1.29, 1.82) is 0 Å². The lowest BCUT2D eigenvalue weighted by atomic mass is 10.3. The van der Waals surface area contributed by atoms with Gasteiger partial charge in [0.1, 0.15) is 6.20 Å². The SMILES string of the molecule is CCc1nn(C)cc1Nc1nc(Cl)ncc1[N+](=O)[O-]. The molecule has 0 atom stereocenters. The number of hydrogen-bond acceptors (Lipinski definition) is 6. The van der Waals surface area contributed by atoms with E-state index in [-0.39, 0.29) is 16.8 Å². The van der Waals surface area contributed by atoms with Crippen LogP contribution in [-0.2, 0) is 13.5 Å². The Balaban J connectivity index is 2.42. The molecule has 2 rings (SSSR count). The van der Waals surface area contributed by atoms with Gasteiger partial charge in [-0.25, -0.2) is 4.98 Å². The highest BCUT2D eigenvalue weighted by atomic mass is 35.5. The van der Waals surface area contributed by atoms with Crippen LogP contribution in [0.25, 0.3) is 0 Å². The van der Waals surface area contributed by atoms with E-state index < -0.39 is 4.92 Å². The van der Waals surface area contributed by atoms with E-state index in [2.05, 4.69) is 20.4 Å². The lowest BCUT2D eigenvalue weighted by Gasteiger charge is -2.05. The average molecular weight is 283 g/mol. The normalized spacial score (nSPS) is 10.5. The zero-order valence-corrected chi connectivity index (χ0v) is 11.0. The minimum atomic E-state index is -0.569. The molecule has 0 aliphatic heterocycles. The highest BCUT2D eigenvalue weighted by Gasteiger charge is 2.18. The second kappa shape index (κ2) is 5.19. The van der Waals surface area contributed by atoms with E-state index in [4.69, 9.17) is 11.6 Å². The standard InChI is InChI=1S/C10H11ClN6O2/c1-3-6-7(5-16(2)15-6)13-9-8(17(18)19)4-12-10(11)14-9/h4-5H,3H2,1-2H3,(H,12,13,14). The van der Waals surface area contributed by atoms with Crippen molar-refractivity contribution in [3.63, 3.8) is 0 Å². The van der Waals surface area contributed by atoms with Crippen LogP contribution in [0.1, 0.15) is 12.6 Å². The maximum Gasteiger partial charge on any atom is 0.329 e. The second-order valence-electron chi connectivity index (χ2n) is 3.77. The van der Waals surface area contributed by atoms with Crippen LogP contribution in [0, 0.1) is 10.1 Å². The predicted molar refractivity (Wildman–Crippen MR) is 69.6 cm³/mol. The van der Waals surface area contributed by atoms with E-state index >= 15 is 0 Å². The Morgan fingerprint density at radius 2 is 2.32 bits per heavy atom. The maximum atomic E-state index is 10.9. The fraction of sp³-hybridized carbons (Fsp3) is 0.300. The molecule has 0 radical (unpaired) electrons. The van der Waals surface area contributed by atoms with Crippen molar-refractivity contribution in [1.82, 2.24) is 19.7 Å². The van der Waals surface area contributed by atoms with Gasteiger partial charge in [-0.05, 0) is 18.0 Å². The first kappa shape index (κ1) is 13.2. The van der Waals surface area contributed by atoms with Crippen LogP contribution in [0.15, 0.2) is 12.4 Å². The third kappa shape index (κ3) is 2.79. The molecule has 100 valence electrons. The van der Waals surface area contributed by atoms with Crippen molar-refractivity contribution in [3.05, 3.63) is 33.5 Å². The topological polar surface area (TPSA) is 98.8 Å². The van der Waals surface area contributed by atoms with Crippen molar-refractivity contribution in [2.24, 2.45) is 7.05 Å². The molecule has 19 heavy (non-hydrogen) atoms. The van der Waals surface area contributed by atoms with Gasteiger partial charge in [-0.2, -0.15) is 10.1 Å². The molecule has 0 fully saturated rings. The number of hydrogen-bond donors (Lipinski definition) is 1. The smallest absolute Gasteiger partial charge is 0.329 e. The van der Waals surface area contributed by atoms with Crippen LogP contribution in [0.5, 0.6) is 0 Å². The predicted octanol–water partition coefficient (Wildman–Crippen LogP) is 2.08. The lowest BCUT2D eigenvalue weighted by molar-refractivity contribution is -0.384. The van der Waals surface area contributed by atoms with Crippen LogP contribution in [-0.4, -0.2) is 24.7 Å². The van der Waals surface area contributed by atoms with Gasteiger partial charge in [-0.15, -0.1) is 0 Å². The van der Waals surface area contributed by atoms with Gasteiger partial charge in [0.15, 0.2) is 0 Å². The third-order valence-electron chi connectivity index (χ3n) is 2.43. The fourth-order valence-electron chi connectivity index (χ4n) is 1.61. The van der Waals surface area contributed by atoms with Crippen molar-refractivity contribution in [2.75, 3.05) is 5.32 Å². The molecule has 2 aromatic heterocycles. The van der Waals surface area contributed by atoms with Gasteiger partial charge in [-0.3, -0.25) is 14.8 Å². The first-order chi connectivity index (χ1) is 9.01. The fourth-order valence-corrected chi connectivity index (χ4v) is 1.74. The molecular formula is C10H11ClN6O2. The van der Waals surface area contributed by atoms with E-state index in [0.29, 0.717) is 12.1 Å². The minimum Gasteiger partial charge on any atom is -0.332 e. The molecule has 2 aromatic rings. The van der Waals surface area contributed by atoms with Crippen molar-refractivity contribution >= 4 is 28.8 Å². The highest BCUT2D eigenvalue weighted by molar-refractivity contribution is 6.28. The number of anilines is 2. The van der Waals surface area contributed by atoms with Crippen LogP contribution in [0.3, 0.4) is 0 Å². The van der Waals surface area contributed by atoms with Gasteiger partial charge in [0.05, 0.1) is 16.3 Å². The maximum absolute atomic E-state index is 10.9. The molecule has 9 heteroatoms. The summed E-state index contributed by atoms with van der Waals surface area (Å²) in [6, 6.07) is 0. The lowest BCUT2D eigenvalue weighted by Crippen LogP contribution is -2.02. The number of halogens is 1. The first-order valence-electron chi connectivity index (χ1n) is 5.47. The molecule has 8 nitrogen and oxygen atoms in total. The van der Waals surface area contributed by atoms with E-state index in [0.717, 1.165) is 11.9 Å². The van der Waals surface area contributed by atoms with Crippen LogP contribution in [0.2, 0.25) is 5.28 Å². The Morgan fingerprint density at radius 1 is 1.58 bits per heavy atom. The molecule has 0 unspecified atom stereocenters. The van der Waals surface area contributed by atoms with Gasteiger partial charge < -0.3 is 5.32 Å². The molecule has 0 aliphatic carbocycles. The van der Waals surface area contributed by atoms with E-state index in [9.17, 15) is 10.1 Å². The molecular weight excluding hydrogens is 272 g/mol. The quantitative estimate of drug-likeness (QED) is 0.523. The van der Waals surface area contributed by atoms with Crippen LogP contribution < -0.4 is 5.32 Å². The number of aromatic nitrogens is 4. The molecule has 0 aliphatic rings. The molecule has 0 aromatic carbocycles. The summed E-state index contributed by atoms with van der Waals surface area (Å²) in [5, 5.41) is 17.9. The highest BCUT2D eigenvalue weighted by Crippen LogP contribution is 2.27. The zero-order valence-electron chi connectivity index (χ0n) is 10.3. The first-order valence-corrected chi connectivity index (χ1v) is 5.85. The molecule has 2 heterocycles. The van der Waals surface area contributed by atoms with Crippen molar-refractivity contribution in [3.8, 4) is 0 Å². The van der Waals surface area contributed by atoms with Gasteiger partial charge in [0.2, 0.25) is 11.1 Å². The van der Waals surface area contributed by atoms with E-state index in [1.165, 1.54) is 0 Å². The average Bonchev–Trinajstić information content (AvgIpc) is 2.69. The molecule has 0 saturated carbocycles. The molecule has 1 N–H and O–H groups in total.